The van der Waals surface area contributed by atoms with Gasteiger partial charge < -0.3 is 9.47 Å². The molecule has 5 heteroatoms. The van der Waals surface area contributed by atoms with E-state index < -0.39 is 5.79 Å². The Morgan fingerprint density at radius 1 is 1.15 bits per heavy atom. The Labute approximate surface area is 159 Å². The molecule has 0 radical (unpaired) electrons. The van der Waals surface area contributed by atoms with Crippen LogP contribution >= 0.6 is 0 Å². The minimum absolute atomic E-state index is 0.101. The van der Waals surface area contributed by atoms with Crippen LogP contribution in [0.4, 0.5) is 4.39 Å². The van der Waals surface area contributed by atoms with Crippen molar-refractivity contribution >= 4 is 6.08 Å². The molecule has 1 spiro atoms. The number of benzene rings is 1. The van der Waals surface area contributed by atoms with Crippen LogP contribution < -0.4 is 0 Å². The van der Waals surface area contributed by atoms with E-state index >= 15 is 0 Å². The van der Waals surface area contributed by atoms with Crippen molar-refractivity contribution in [3.63, 3.8) is 0 Å². The molecule has 2 unspecified atom stereocenters. The standard InChI is InChI=1S/C22H25FN2O2/c1-14-15(2)27-22(26-14)10-4-5-17-11-20-16(12-21(17,22)3)13-24-25(20)19-8-6-18(23)7-9-19/h6-9,11,13-15H,4-5,10,12H2,1-3H3/t14-,15+,21?,22?. The van der Waals surface area contributed by atoms with Crippen molar-refractivity contribution in [2.24, 2.45) is 5.41 Å². The highest BCUT2D eigenvalue weighted by Gasteiger charge is 2.60. The summed E-state index contributed by atoms with van der Waals surface area (Å²) >= 11 is 0. The number of halogens is 1. The molecule has 0 bridgehead atoms. The van der Waals surface area contributed by atoms with Crippen molar-refractivity contribution in [3.05, 3.63) is 53.1 Å². The van der Waals surface area contributed by atoms with Gasteiger partial charge >= 0.3 is 0 Å². The number of hydrogen-bond acceptors (Lipinski definition) is 3. The lowest BCUT2D eigenvalue weighted by molar-refractivity contribution is -0.246. The highest BCUT2D eigenvalue weighted by Crippen LogP contribution is 2.58. The molecule has 1 aromatic heterocycles. The van der Waals surface area contributed by atoms with Crippen LogP contribution in [-0.4, -0.2) is 27.8 Å². The average molecular weight is 368 g/mol. The lowest BCUT2D eigenvalue weighted by Gasteiger charge is -2.51. The van der Waals surface area contributed by atoms with Gasteiger partial charge in [0.1, 0.15) is 5.82 Å². The molecule has 4 atom stereocenters. The third-order valence-electron chi connectivity index (χ3n) is 6.73. The lowest BCUT2D eigenvalue weighted by Crippen LogP contribution is -2.53. The van der Waals surface area contributed by atoms with Crippen LogP contribution in [0.3, 0.4) is 0 Å². The fourth-order valence-corrected chi connectivity index (χ4v) is 5.00. The summed E-state index contributed by atoms with van der Waals surface area (Å²) in [6.07, 6.45) is 8.26. The normalized spacial score (nSPS) is 35.0. The van der Waals surface area contributed by atoms with Crippen LogP contribution in [-0.2, 0) is 15.9 Å². The summed E-state index contributed by atoms with van der Waals surface area (Å²) in [7, 11) is 0. The Morgan fingerprint density at radius 2 is 1.85 bits per heavy atom. The highest BCUT2D eigenvalue weighted by molar-refractivity contribution is 5.62. The largest absolute Gasteiger partial charge is 0.343 e. The maximum atomic E-state index is 13.3. The van der Waals surface area contributed by atoms with Crippen LogP contribution in [0.2, 0.25) is 0 Å². The number of ether oxygens (including phenoxy) is 2. The van der Waals surface area contributed by atoms with Crippen LogP contribution in [0.15, 0.2) is 36.0 Å². The predicted molar refractivity (Wildman–Crippen MR) is 101 cm³/mol. The highest BCUT2D eigenvalue weighted by atomic mass is 19.1. The van der Waals surface area contributed by atoms with E-state index in [1.807, 2.05) is 10.9 Å². The molecule has 3 aliphatic rings. The molecular weight excluding hydrogens is 343 g/mol. The first kappa shape index (κ1) is 17.1. The number of fused-ring (bicyclic) bond motifs is 3. The summed E-state index contributed by atoms with van der Waals surface area (Å²) in [5.74, 6) is -0.787. The fraction of sp³-hybridized carbons (Fsp3) is 0.500. The Bertz CT molecular complexity index is 907. The van der Waals surface area contributed by atoms with E-state index in [9.17, 15) is 4.39 Å². The SMILES string of the molecule is C[C@@H]1OC2(CCCC3=Cc4c(cnn4-c4ccc(F)cc4)CC32C)O[C@@H]1C. The summed E-state index contributed by atoms with van der Waals surface area (Å²) in [4.78, 5) is 0. The number of hydrogen-bond donors (Lipinski definition) is 0. The third kappa shape index (κ3) is 2.38. The first-order chi connectivity index (χ1) is 12.9. The van der Waals surface area contributed by atoms with Gasteiger partial charge in [0, 0.05) is 11.8 Å². The van der Waals surface area contributed by atoms with Gasteiger partial charge in [-0.15, -0.1) is 0 Å². The molecule has 142 valence electrons. The van der Waals surface area contributed by atoms with Crippen molar-refractivity contribution < 1.29 is 13.9 Å². The van der Waals surface area contributed by atoms with Gasteiger partial charge in [-0.2, -0.15) is 5.10 Å². The van der Waals surface area contributed by atoms with Crippen molar-refractivity contribution in [2.45, 2.75) is 64.4 Å². The minimum Gasteiger partial charge on any atom is -0.343 e. The number of rotatable bonds is 1. The molecule has 2 heterocycles. The van der Waals surface area contributed by atoms with E-state index in [1.165, 1.54) is 23.3 Å². The molecule has 2 aromatic rings. The Balaban J connectivity index is 1.58. The summed E-state index contributed by atoms with van der Waals surface area (Å²) in [5.41, 5.74) is 4.33. The molecule has 5 rings (SSSR count). The van der Waals surface area contributed by atoms with Crippen LogP contribution in [0.5, 0.6) is 0 Å². The smallest absolute Gasteiger partial charge is 0.178 e. The van der Waals surface area contributed by atoms with Gasteiger partial charge in [0.2, 0.25) is 0 Å². The molecule has 1 aromatic carbocycles. The number of nitrogens with zero attached hydrogens (tertiary/aromatic N) is 2. The second kappa shape index (κ2) is 5.76. The molecule has 1 saturated carbocycles. The lowest BCUT2D eigenvalue weighted by atomic mass is 9.62. The third-order valence-corrected chi connectivity index (χ3v) is 6.73. The summed E-state index contributed by atoms with van der Waals surface area (Å²) < 4.78 is 28.1. The van der Waals surface area contributed by atoms with Gasteiger partial charge in [0.05, 0.1) is 29.8 Å². The second-order valence-corrected chi connectivity index (χ2v) is 8.37. The minimum atomic E-state index is -0.550. The van der Waals surface area contributed by atoms with E-state index in [4.69, 9.17) is 9.47 Å². The molecule has 4 nitrogen and oxygen atoms in total. The van der Waals surface area contributed by atoms with Gasteiger partial charge in [-0.25, -0.2) is 9.07 Å². The molecule has 27 heavy (non-hydrogen) atoms. The van der Waals surface area contributed by atoms with E-state index in [2.05, 4.69) is 31.9 Å². The van der Waals surface area contributed by atoms with Gasteiger partial charge in [-0.1, -0.05) is 12.5 Å². The molecular formula is C22H25FN2O2. The maximum absolute atomic E-state index is 13.3. The topological polar surface area (TPSA) is 36.3 Å². The first-order valence-corrected chi connectivity index (χ1v) is 9.81. The van der Waals surface area contributed by atoms with Crippen LogP contribution in [0.1, 0.15) is 51.3 Å². The second-order valence-electron chi connectivity index (χ2n) is 8.37. The van der Waals surface area contributed by atoms with E-state index in [-0.39, 0.29) is 23.4 Å². The van der Waals surface area contributed by atoms with Gasteiger partial charge in [0.25, 0.3) is 0 Å². The van der Waals surface area contributed by atoms with E-state index in [1.54, 1.807) is 12.1 Å². The Kier molecular flexibility index (Phi) is 3.66. The van der Waals surface area contributed by atoms with Crippen LogP contribution in [0.25, 0.3) is 11.8 Å². The Hall–Kier alpha value is -1.98. The summed E-state index contributed by atoms with van der Waals surface area (Å²) in [5, 5.41) is 4.60. The quantitative estimate of drug-likeness (QED) is 0.734. The monoisotopic (exact) mass is 368 g/mol. The zero-order valence-electron chi connectivity index (χ0n) is 16.0. The van der Waals surface area contributed by atoms with E-state index in [0.717, 1.165) is 37.1 Å². The first-order valence-electron chi connectivity index (χ1n) is 9.81. The summed E-state index contributed by atoms with van der Waals surface area (Å²) in [6, 6.07) is 6.48. The molecule has 0 amide bonds. The van der Waals surface area contributed by atoms with E-state index in [0.29, 0.717) is 0 Å². The van der Waals surface area contributed by atoms with Crippen LogP contribution in [0, 0.1) is 11.2 Å². The zero-order chi connectivity index (χ0) is 18.8. The molecule has 2 fully saturated rings. The number of aromatic nitrogens is 2. The van der Waals surface area contributed by atoms with Gasteiger partial charge in [0.15, 0.2) is 5.79 Å². The fourth-order valence-electron chi connectivity index (χ4n) is 5.00. The molecule has 1 saturated heterocycles. The summed E-state index contributed by atoms with van der Waals surface area (Å²) in [6.45, 7) is 6.48. The Morgan fingerprint density at radius 3 is 2.56 bits per heavy atom. The van der Waals surface area contributed by atoms with Crippen molar-refractivity contribution in [2.75, 3.05) is 0 Å². The van der Waals surface area contributed by atoms with Gasteiger partial charge in [-0.05, 0) is 69.0 Å². The maximum Gasteiger partial charge on any atom is 0.178 e. The van der Waals surface area contributed by atoms with Crippen molar-refractivity contribution in [3.8, 4) is 5.69 Å². The van der Waals surface area contributed by atoms with Gasteiger partial charge in [-0.3, -0.25) is 0 Å². The molecule has 0 N–H and O–H groups in total. The molecule has 1 aliphatic heterocycles. The molecule has 2 aliphatic carbocycles. The van der Waals surface area contributed by atoms with Crippen molar-refractivity contribution in [1.29, 1.82) is 0 Å². The predicted octanol–water partition coefficient (Wildman–Crippen LogP) is 4.66. The zero-order valence-corrected chi connectivity index (χ0v) is 16.0. The van der Waals surface area contributed by atoms with Crippen molar-refractivity contribution in [1.82, 2.24) is 9.78 Å². The average Bonchev–Trinajstić information content (AvgIpc) is 3.16.